The van der Waals surface area contributed by atoms with Crippen molar-refractivity contribution in [1.29, 1.82) is 0 Å². The minimum Gasteiger partial charge on any atom is -0.356 e. The summed E-state index contributed by atoms with van der Waals surface area (Å²) < 4.78 is 0. The number of anilines is 1. The van der Waals surface area contributed by atoms with Gasteiger partial charge in [0.15, 0.2) is 11.1 Å². The summed E-state index contributed by atoms with van der Waals surface area (Å²) >= 11 is 4.89. The first-order chi connectivity index (χ1) is 11.7. The first-order valence-corrected chi connectivity index (χ1v) is 10.2. The second kappa shape index (κ2) is 6.58. The quantitative estimate of drug-likeness (QED) is 0.728. The van der Waals surface area contributed by atoms with Gasteiger partial charge in [0.2, 0.25) is 0 Å². The highest BCUT2D eigenvalue weighted by atomic mass is 32.1. The maximum atomic E-state index is 4.74. The third-order valence-electron chi connectivity index (χ3n) is 3.49. The van der Waals surface area contributed by atoms with Gasteiger partial charge < -0.3 is 10.6 Å². The van der Waals surface area contributed by atoms with E-state index in [9.17, 15) is 0 Å². The second-order valence-electron chi connectivity index (χ2n) is 5.36. The molecule has 3 aromatic heterocycles. The van der Waals surface area contributed by atoms with Gasteiger partial charge in [0.05, 0.1) is 15.6 Å². The molecule has 24 heavy (non-hydrogen) atoms. The van der Waals surface area contributed by atoms with Crippen LogP contribution in [0.1, 0.15) is 17.1 Å². The molecule has 0 atom stereocenters. The molecule has 0 unspecified atom stereocenters. The number of nitrogens with zero attached hydrogens (tertiary/aromatic N) is 4. The third kappa shape index (κ3) is 3.19. The Hall–Kier alpha value is -1.84. The van der Waals surface area contributed by atoms with E-state index in [-0.39, 0.29) is 0 Å². The van der Waals surface area contributed by atoms with Gasteiger partial charge in [-0.2, -0.15) is 0 Å². The minimum atomic E-state index is 0.803. The summed E-state index contributed by atoms with van der Waals surface area (Å²) in [4.78, 5) is 19.4. The van der Waals surface area contributed by atoms with Crippen LogP contribution in [-0.2, 0) is 0 Å². The van der Waals surface area contributed by atoms with Gasteiger partial charge in [0.25, 0.3) is 0 Å². The van der Waals surface area contributed by atoms with E-state index in [0.29, 0.717) is 0 Å². The van der Waals surface area contributed by atoms with Crippen molar-refractivity contribution in [2.75, 3.05) is 18.4 Å². The zero-order valence-corrected chi connectivity index (χ0v) is 15.7. The number of guanidine groups is 1. The lowest BCUT2D eigenvalue weighted by Gasteiger charge is -2.13. The highest BCUT2D eigenvalue weighted by molar-refractivity contribution is 7.21. The Morgan fingerprint density at radius 1 is 1.08 bits per heavy atom. The molecule has 0 spiro atoms. The lowest BCUT2D eigenvalue weighted by Crippen LogP contribution is -2.35. The molecule has 0 saturated heterocycles. The topological polar surface area (TPSA) is 75.1 Å². The SMILES string of the molecule is Cc1nc(C)c(-c2nc(-c3csc(NC4=NCCCN4)n3)cs2)s1. The fourth-order valence-electron chi connectivity index (χ4n) is 2.39. The summed E-state index contributed by atoms with van der Waals surface area (Å²) in [6, 6.07) is 0. The van der Waals surface area contributed by atoms with Crippen LogP contribution in [0.25, 0.3) is 21.3 Å². The van der Waals surface area contributed by atoms with Gasteiger partial charge in [-0.1, -0.05) is 0 Å². The Morgan fingerprint density at radius 3 is 2.67 bits per heavy atom. The molecule has 0 bridgehead atoms. The van der Waals surface area contributed by atoms with Gasteiger partial charge in [-0.05, 0) is 20.3 Å². The van der Waals surface area contributed by atoms with Crippen molar-refractivity contribution < 1.29 is 0 Å². The summed E-state index contributed by atoms with van der Waals surface area (Å²) in [5.41, 5.74) is 2.84. The summed E-state index contributed by atoms with van der Waals surface area (Å²) in [6.07, 6.45) is 1.08. The van der Waals surface area contributed by atoms with Gasteiger partial charge >= 0.3 is 0 Å². The van der Waals surface area contributed by atoms with E-state index >= 15 is 0 Å². The van der Waals surface area contributed by atoms with Gasteiger partial charge in [0.1, 0.15) is 16.4 Å². The van der Waals surface area contributed by atoms with Crippen LogP contribution in [0.5, 0.6) is 0 Å². The van der Waals surface area contributed by atoms with E-state index in [2.05, 4.69) is 31.0 Å². The van der Waals surface area contributed by atoms with Gasteiger partial charge in [-0.15, -0.1) is 34.0 Å². The summed E-state index contributed by atoms with van der Waals surface area (Å²) in [5.74, 6) is 0.803. The molecule has 0 amide bonds. The van der Waals surface area contributed by atoms with Crippen molar-refractivity contribution in [2.45, 2.75) is 20.3 Å². The molecule has 0 radical (unpaired) electrons. The number of aryl methyl sites for hydroxylation is 2. The molecular formula is C15H16N6S3. The summed E-state index contributed by atoms with van der Waals surface area (Å²) in [7, 11) is 0. The zero-order chi connectivity index (χ0) is 16.5. The molecule has 2 N–H and O–H groups in total. The normalized spacial score (nSPS) is 14.3. The van der Waals surface area contributed by atoms with Crippen LogP contribution in [0.3, 0.4) is 0 Å². The Morgan fingerprint density at radius 2 is 1.92 bits per heavy atom. The monoisotopic (exact) mass is 376 g/mol. The van der Waals surface area contributed by atoms with Crippen LogP contribution in [0.2, 0.25) is 0 Å². The predicted molar refractivity (Wildman–Crippen MR) is 102 cm³/mol. The van der Waals surface area contributed by atoms with Crippen LogP contribution in [0.15, 0.2) is 15.8 Å². The molecule has 3 aromatic rings. The minimum absolute atomic E-state index is 0.803. The van der Waals surface area contributed by atoms with Crippen LogP contribution in [-0.4, -0.2) is 34.0 Å². The lowest BCUT2D eigenvalue weighted by molar-refractivity contribution is 0.740. The number of rotatable bonds is 3. The molecule has 4 heterocycles. The smallest absolute Gasteiger partial charge is 0.197 e. The maximum Gasteiger partial charge on any atom is 0.197 e. The Labute approximate surface area is 151 Å². The highest BCUT2D eigenvalue weighted by Gasteiger charge is 2.15. The largest absolute Gasteiger partial charge is 0.356 e. The van der Waals surface area contributed by atoms with E-state index in [0.717, 1.165) is 62.6 Å². The maximum absolute atomic E-state index is 4.74. The van der Waals surface area contributed by atoms with E-state index in [1.54, 1.807) is 34.0 Å². The van der Waals surface area contributed by atoms with E-state index < -0.39 is 0 Å². The zero-order valence-electron chi connectivity index (χ0n) is 13.3. The molecule has 0 fully saturated rings. The molecule has 0 aromatic carbocycles. The van der Waals surface area contributed by atoms with Gasteiger partial charge in [0, 0.05) is 23.8 Å². The fourth-order valence-corrected chi connectivity index (χ4v) is 4.97. The number of aliphatic imine (C=N–C) groups is 1. The number of thiazole rings is 3. The van der Waals surface area contributed by atoms with Crippen LogP contribution in [0, 0.1) is 13.8 Å². The first-order valence-electron chi connectivity index (χ1n) is 7.60. The average molecular weight is 377 g/mol. The Bertz CT molecular complexity index is 891. The average Bonchev–Trinajstić information content (AvgIpc) is 3.28. The van der Waals surface area contributed by atoms with Crippen molar-refractivity contribution in [3.05, 3.63) is 21.5 Å². The number of hydrogen-bond donors (Lipinski definition) is 2. The third-order valence-corrected chi connectivity index (χ3v) is 6.32. The molecule has 9 heteroatoms. The number of hydrogen-bond acceptors (Lipinski definition) is 9. The predicted octanol–water partition coefficient (Wildman–Crippen LogP) is 3.77. The fraction of sp³-hybridized carbons (Fsp3) is 0.333. The second-order valence-corrected chi connectivity index (χ2v) is 8.28. The van der Waals surface area contributed by atoms with Gasteiger partial charge in [-0.3, -0.25) is 4.99 Å². The number of nitrogens with one attached hydrogen (secondary N) is 2. The van der Waals surface area contributed by atoms with Crippen molar-refractivity contribution in [3.63, 3.8) is 0 Å². The van der Waals surface area contributed by atoms with Crippen molar-refractivity contribution in [3.8, 4) is 21.3 Å². The Balaban J connectivity index is 1.54. The molecule has 1 aliphatic heterocycles. The van der Waals surface area contributed by atoms with Gasteiger partial charge in [-0.25, -0.2) is 15.0 Å². The van der Waals surface area contributed by atoms with E-state index in [4.69, 9.17) is 4.98 Å². The van der Waals surface area contributed by atoms with Crippen LogP contribution in [0.4, 0.5) is 5.13 Å². The number of aromatic nitrogens is 3. The first kappa shape index (κ1) is 15.7. The molecule has 124 valence electrons. The summed E-state index contributed by atoms with van der Waals surface area (Å²) in [6.45, 7) is 5.86. The van der Waals surface area contributed by atoms with Crippen molar-refractivity contribution in [2.24, 2.45) is 4.99 Å². The molecule has 0 aliphatic carbocycles. The standard InChI is InChI=1S/C15H16N6S3/c1-8-12(24-9(2)18-8)13-19-10(6-22-13)11-7-23-15(20-11)21-14-16-4-3-5-17-14/h6-7H,3-5H2,1-2H3,(H2,16,17,20,21). The van der Waals surface area contributed by atoms with E-state index in [1.807, 2.05) is 19.2 Å². The molecule has 1 aliphatic rings. The Kier molecular flexibility index (Phi) is 4.30. The van der Waals surface area contributed by atoms with Crippen LogP contribution >= 0.6 is 34.0 Å². The highest BCUT2D eigenvalue weighted by Crippen LogP contribution is 2.35. The summed E-state index contributed by atoms with van der Waals surface area (Å²) in [5, 5.41) is 13.5. The molecule has 4 rings (SSSR count). The molecule has 0 saturated carbocycles. The van der Waals surface area contributed by atoms with E-state index in [1.165, 1.54) is 0 Å². The van der Waals surface area contributed by atoms with Crippen molar-refractivity contribution >= 4 is 45.1 Å². The lowest BCUT2D eigenvalue weighted by atomic mass is 10.4. The van der Waals surface area contributed by atoms with Crippen molar-refractivity contribution in [1.82, 2.24) is 20.3 Å². The van der Waals surface area contributed by atoms with Crippen LogP contribution < -0.4 is 10.6 Å². The molecule has 6 nitrogen and oxygen atoms in total. The molecular weight excluding hydrogens is 360 g/mol.